The van der Waals surface area contributed by atoms with Crippen LogP contribution in [0.4, 0.5) is 4.79 Å². The summed E-state index contributed by atoms with van der Waals surface area (Å²) in [6.07, 6.45) is 3.06. The highest BCUT2D eigenvalue weighted by Gasteiger charge is 2.34. The Hall–Kier alpha value is -2.35. The Morgan fingerprint density at radius 2 is 2.04 bits per heavy atom. The maximum atomic E-state index is 12.5. The van der Waals surface area contributed by atoms with Crippen LogP contribution < -0.4 is 5.32 Å². The van der Waals surface area contributed by atoms with Crippen molar-refractivity contribution in [3.63, 3.8) is 0 Å². The maximum Gasteiger partial charge on any atom is 0.293 e. The first-order valence-corrected chi connectivity index (χ1v) is 9.42. The third kappa shape index (κ3) is 4.68. The Morgan fingerprint density at radius 3 is 2.74 bits per heavy atom. The van der Waals surface area contributed by atoms with E-state index < -0.39 is 11.1 Å². The number of pyridine rings is 1. The highest BCUT2D eigenvalue weighted by molar-refractivity contribution is 8.18. The summed E-state index contributed by atoms with van der Waals surface area (Å²) in [7, 11) is 0. The molecule has 2 heterocycles. The molecule has 1 fully saturated rings. The molecule has 0 bridgehead atoms. The molecule has 1 aliphatic rings. The van der Waals surface area contributed by atoms with E-state index in [0.717, 1.165) is 16.7 Å². The zero-order chi connectivity index (χ0) is 19.4. The normalized spacial score (nSPS) is 15.5. The molecule has 27 heavy (non-hydrogen) atoms. The number of nitrogens with zero attached hydrogens (tertiary/aromatic N) is 2. The van der Waals surface area contributed by atoms with Crippen LogP contribution >= 0.6 is 35.0 Å². The number of amides is 3. The van der Waals surface area contributed by atoms with Crippen LogP contribution in [-0.4, -0.2) is 40.0 Å². The lowest BCUT2D eigenvalue weighted by Gasteiger charge is -2.12. The summed E-state index contributed by atoms with van der Waals surface area (Å²) in [4.78, 5) is 41.8. The topological polar surface area (TPSA) is 79.4 Å². The van der Waals surface area contributed by atoms with E-state index in [4.69, 9.17) is 23.2 Å². The van der Waals surface area contributed by atoms with Crippen molar-refractivity contribution in [2.45, 2.75) is 0 Å². The van der Waals surface area contributed by atoms with Crippen molar-refractivity contribution < 1.29 is 14.4 Å². The molecule has 1 aromatic carbocycles. The first-order chi connectivity index (χ1) is 13.0. The Kier molecular flexibility index (Phi) is 6.15. The van der Waals surface area contributed by atoms with Gasteiger partial charge in [-0.25, -0.2) is 0 Å². The van der Waals surface area contributed by atoms with Gasteiger partial charge in [0.15, 0.2) is 0 Å². The van der Waals surface area contributed by atoms with Crippen molar-refractivity contribution in [1.82, 2.24) is 15.2 Å². The Morgan fingerprint density at radius 1 is 1.22 bits per heavy atom. The second-order valence-corrected chi connectivity index (χ2v) is 7.31. The molecule has 0 saturated carbocycles. The van der Waals surface area contributed by atoms with Crippen molar-refractivity contribution in [2.24, 2.45) is 0 Å². The zero-order valence-electron chi connectivity index (χ0n) is 13.8. The van der Waals surface area contributed by atoms with Gasteiger partial charge in [-0.3, -0.25) is 24.3 Å². The number of hydrogen-bond donors (Lipinski definition) is 1. The van der Waals surface area contributed by atoms with Gasteiger partial charge < -0.3 is 5.32 Å². The lowest BCUT2D eigenvalue weighted by Crippen LogP contribution is -2.37. The third-order valence-corrected chi connectivity index (χ3v) is 5.11. The van der Waals surface area contributed by atoms with Gasteiger partial charge >= 0.3 is 0 Å². The summed E-state index contributed by atoms with van der Waals surface area (Å²) in [6, 6.07) is 9.87. The largest absolute Gasteiger partial charge is 0.349 e. The highest BCUT2D eigenvalue weighted by Crippen LogP contribution is 2.33. The summed E-state index contributed by atoms with van der Waals surface area (Å²) in [5.74, 6) is -0.797. The van der Waals surface area contributed by atoms with Crippen LogP contribution in [0.5, 0.6) is 0 Å². The number of carbonyl (C=O) groups is 3. The van der Waals surface area contributed by atoms with E-state index in [1.807, 2.05) is 0 Å². The first kappa shape index (κ1) is 19.4. The fraction of sp³-hybridized carbons (Fsp3) is 0.111. The number of carbonyl (C=O) groups excluding carboxylic acids is 3. The molecule has 6 nitrogen and oxygen atoms in total. The molecule has 3 amide bonds. The highest BCUT2D eigenvalue weighted by atomic mass is 35.5. The Balaban J connectivity index is 1.62. The summed E-state index contributed by atoms with van der Waals surface area (Å²) < 4.78 is 0. The Bertz CT molecular complexity index is 935. The average molecular weight is 422 g/mol. The van der Waals surface area contributed by atoms with Gasteiger partial charge in [0.2, 0.25) is 0 Å². The van der Waals surface area contributed by atoms with Crippen LogP contribution in [0, 0.1) is 0 Å². The summed E-state index contributed by atoms with van der Waals surface area (Å²) >= 11 is 12.8. The average Bonchev–Trinajstić information content (AvgIpc) is 2.92. The van der Waals surface area contributed by atoms with Gasteiger partial charge in [-0.1, -0.05) is 35.3 Å². The molecule has 0 aliphatic carbocycles. The monoisotopic (exact) mass is 421 g/mol. The minimum absolute atomic E-state index is 0.0644. The van der Waals surface area contributed by atoms with Gasteiger partial charge in [-0.05, 0) is 47.7 Å². The quantitative estimate of drug-likeness (QED) is 0.741. The number of aromatic nitrogens is 1. The Labute approximate surface area is 169 Å². The van der Waals surface area contributed by atoms with Gasteiger partial charge in [0.1, 0.15) is 5.69 Å². The van der Waals surface area contributed by atoms with Crippen LogP contribution in [0.15, 0.2) is 47.5 Å². The second-order valence-electron chi connectivity index (χ2n) is 5.47. The van der Waals surface area contributed by atoms with Crippen molar-refractivity contribution in [3.8, 4) is 0 Å². The van der Waals surface area contributed by atoms with E-state index >= 15 is 0 Å². The number of thioether (sulfide) groups is 1. The molecule has 0 unspecified atom stereocenters. The predicted octanol–water partition coefficient (Wildman–Crippen LogP) is 3.85. The van der Waals surface area contributed by atoms with Crippen molar-refractivity contribution >= 4 is 58.1 Å². The van der Waals surface area contributed by atoms with Crippen LogP contribution in [0.3, 0.4) is 0 Å². The molecule has 3 rings (SSSR count). The number of benzene rings is 1. The molecule has 0 spiro atoms. The fourth-order valence-electron chi connectivity index (χ4n) is 2.32. The van der Waals surface area contributed by atoms with E-state index in [2.05, 4.69) is 10.3 Å². The lowest BCUT2D eigenvalue weighted by atomic mass is 10.2. The van der Waals surface area contributed by atoms with Gasteiger partial charge in [0, 0.05) is 29.3 Å². The van der Waals surface area contributed by atoms with Crippen LogP contribution in [0.25, 0.3) is 6.08 Å². The van der Waals surface area contributed by atoms with Crippen molar-refractivity contribution in [1.29, 1.82) is 0 Å². The molecule has 1 aromatic heterocycles. The van der Waals surface area contributed by atoms with Crippen LogP contribution in [-0.2, 0) is 4.79 Å². The third-order valence-electron chi connectivity index (χ3n) is 3.64. The van der Waals surface area contributed by atoms with Gasteiger partial charge in [-0.15, -0.1) is 0 Å². The minimum atomic E-state index is -0.428. The van der Waals surface area contributed by atoms with Crippen LogP contribution in [0.2, 0.25) is 10.0 Å². The molecule has 1 aliphatic heterocycles. The van der Waals surface area contributed by atoms with Gasteiger partial charge in [0.05, 0.1) is 4.91 Å². The molecule has 138 valence electrons. The van der Waals surface area contributed by atoms with Crippen molar-refractivity contribution in [2.75, 3.05) is 13.1 Å². The molecule has 1 saturated heterocycles. The maximum absolute atomic E-state index is 12.5. The molecular weight excluding hydrogens is 409 g/mol. The van der Waals surface area contributed by atoms with Gasteiger partial charge in [0.25, 0.3) is 17.1 Å². The summed E-state index contributed by atoms with van der Waals surface area (Å²) in [5, 5.41) is 3.10. The van der Waals surface area contributed by atoms with Crippen LogP contribution in [0.1, 0.15) is 16.1 Å². The van der Waals surface area contributed by atoms with Crippen molar-refractivity contribution in [3.05, 3.63) is 68.8 Å². The zero-order valence-corrected chi connectivity index (χ0v) is 16.1. The smallest absolute Gasteiger partial charge is 0.293 e. The molecule has 2 aromatic rings. The number of rotatable bonds is 5. The van der Waals surface area contributed by atoms with E-state index in [1.165, 1.54) is 6.20 Å². The summed E-state index contributed by atoms with van der Waals surface area (Å²) in [5.41, 5.74) is 0.860. The molecule has 0 atom stereocenters. The number of hydrogen-bond acceptors (Lipinski definition) is 5. The molecular formula is C18H13Cl2N3O3S. The molecule has 0 radical (unpaired) electrons. The molecule has 1 N–H and O–H groups in total. The first-order valence-electron chi connectivity index (χ1n) is 7.85. The molecule has 9 heteroatoms. The van der Waals surface area contributed by atoms with E-state index in [1.54, 1.807) is 42.5 Å². The lowest BCUT2D eigenvalue weighted by molar-refractivity contribution is -0.122. The predicted molar refractivity (Wildman–Crippen MR) is 106 cm³/mol. The number of imide groups is 1. The van der Waals surface area contributed by atoms with E-state index in [-0.39, 0.29) is 29.6 Å². The van der Waals surface area contributed by atoms with Gasteiger partial charge in [-0.2, -0.15) is 0 Å². The van der Waals surface area contributed by atoms with E-state index in [0.29, 0.717) is 15.6 Å². The summed E-state index contributed by atoms with van der Waals surface area (Å²) in [6.45, 7) is 0.192. The standard InChI is InChI=1S/C18H13Cl2N3O3S/c19-12-5-4-11(13(20)10-12)9-15-17(25)23(18(26)27-15)8-7-22-16(24)14-3-1-2-6-21-14/h1-6,9-10H,7-8H2,(H,22,24)/b15-9-. The SMILES string of the molecule is O=C(NCCN1C(=O)S/C(=C\c2ccc(Cl)cc2Cl)C1=O)c1ccccn1. The number of nitrogens with one attached hydrogen (secondary N) is 1. The minimum Gasteiger partial charge on any atom is -0.349 e. The number of halogens is 2. The fourth-order valence-corrected chi connectivity index (χ4v) is 3.64. The van der Waals surface area contributed by atoms with E-state index in [9.17, 15) is 14.4 Å². The second kappa shape index (κ2) is 8.56.